The number of aryl methyl sites for hydroxylation is 2. The van der Waals surface area contributed by atoms with E-state index in [2.05, 4.69) is 21.7 Å². The Hall–Kier alpha value is -2.40. The van der Waals surface area contributed by atoms with Crippen molar-refractivity contribution in [2.75, 3.05) is 6.67 Å². The molecule has 0 unspecified atom stereocenters. The number of fused-ring (bicyclic) bond motifs is 1. The number of pyridine rings is 1. The van der Waals surface area contributed by atoms with Crippen LogP contribution in [0.5, 0.6) is 5.75 Å². The van der Waals surface area contributed by atoms with Crippen molar-refractivity contribution in [3.8, 4) is 28.4 Å². The molecule has 0 saturated carbocycles. The van der Waals surface area contributed by atoms with E-state index in [1.54, 1.807) is 0 Å². The van der Waals surface area contributed by atoms with Gasteiger partial charge in [0, 0.05) is 40.7 Å². The molecule has 4 nitrogen and oxygen atoms in total. The topological polar surface area (TPSA) is 39.9 Å². The molecule has 4 rings (SSSR count). The maximum absolute atomic E-state index is 13.8. The van der Waals surface area contributed by atoms with Crippen LogP contribution in [0.1, 0.15) is 50.2 Å². The lowest BCUT2D eigenvalue weighted by Crippen LogP contribution is -2.18. The second kappa shape index (κ2) is 9.62. The van der Waals surface area contributed by atoms with Crippen LogP contribution < -0.4 is 4.74 Å². The Bertz CT molecular complexity index is 1090. The third kappa shape index (κ3) is 4.83. The minimum absolute atomic E-state index is 0.00483. The number of benzene rings is 1. The fraction of sp³-hybridized carbons (Fsp3) is 0.462. The molecule has 32 heavy (non-hydrogen) atoms. The summed E-state index contributed by atoms with van der Waals surface area (Å²) >= 11 is 6.56. The molecular formula is C26H31ClFN3O. The minimum atomic E-state index is -0.318. The number of nitrogens with zero attached hydrogens (tertiary/aromatic N) is 3. The molecule has 1 atom stereocenters. The van der Waals surface area contributed by atoms with Gasteiger partial charge < -0.3 is 9.30 Å². The molecule has 0 spiro atoms. The summed E-state index contributed by atoms with van der Waals surface area (Å²) in [6, 6.07) is 9.96. The second-order valence-corrected chi connectivity index (χ2v) is 9.47. The van der Waals surface area contributed by atoms with Crippen molar-refractivity contribution in [1.29, 1.82) is 0 Å². The molecule has 0 saturated heterocycles. The average Bonchev–Trinajstić information content (AvgIpc) is 3.05. The van der Waals surface area contributed by atoms with E-state index in [1.165, 1.54) is 5.69 Å². The van der Waals surface area contributed by atoms with Gasteiger partial charge in [0.15, 0.2) is 0 Å². The van der Waals surface area contributed by atoms with Gasteiger partial charge >= 0.3 is 0 Å². The molecule has 3 aromatic rings. The largest absolute Gasteiger partial charge is 0.489 e. The molecule has 0 fully saturated rings. The SMILES string of the molecule is Cc1cc(-c2nc(-c3ccc(OC(C)C)c(Cl)c3)n3c2CCCC[C@H](CF)C3)cc(C)n1. The standard InChI is InChI=1S/C26H31ClFN3O/c1-16(2)32-24-10-9-20(13-22(24)27)26-30-25(21-11-17(3)29-18(4)12-21)23-8-6-5-7-19(14-28)15-31(23)26/h9-13,16,19H,5-8,14-15H2,1-4H3/t19-/m1/s1. The first kappa shape index (κ1) is 22.8. The summed E-state index contributed by atoms with van der Waals surface area (Å²) in [4.78, 5) is 9.64. The fourth-order valence-corrected chi connectivity index (χ4v) is 4.77. The van der Waals surface area contributed by atoms with Crippen LogP contribution in [0.2, 0.25) is 5.02 Å². The number of ether oxygens (including phenoxy) is 1. The van der Waals surface area contributed by atoms with E-state index in [9.17, 15) is 4.39 Å². The highest BCUT2D eigenvalue weighted by molar-refractivity contribution is 6.32. The molecule has 6 heteroatoms. The van der Waals surface area contributed by atoms with Gasteiger partial charge in [-0.1, -0.05) is 18.0 Å². The highest BCUT2D eigenvalue weighted by Gasteiger charge is 2.24. The van der Waals surface area contributed by atoms with Crippen molar-refractivity contribution in [2.45, 2.75) is 66.0 Å². The van der Waals surface area contributed by atoms with Crippen molar-refractivity contribution in [2.24, 2.45) is 5.92 Å². The van der Waals surface area contributed by atoms with Crippen LogP contribution in [0, 0.1) is 19.8 Å². The second-order valence-electron chi connectivity index (χ2n) is 9.06. The zero-order chi connectivity index (χ0) is 22.8. The number of imidazole rings is 1. The number of hydrogen-bond donors (Lipinski definition) is 0. The highest BCUT2D eigenvalue weighted by atomic mass is 35.5. The summed E-state index contributed by atoms with van der Waals surface area (Å²) in [5.74, 6) is 1.49. The first-order chi connectivity index (χ1) is 15.4. The zero-order valence-electron chi connectivity index (χ0n) is 19.3. The highest BCUT2D eigenvalue weighted by Crippen LogP contribution is 2.36. The molecule has 0 amide bonds. The van der Waals surface area contributed by atoms with Crippen molar-refractivity contribution >= 4 is 11.6 Å². The van der Waals surface area contributed by atoms with Crippen LogP contribution in [0.25, 0.3) is 22.6 Å². The fourth-order valence-electron chi connectivity index (χ4n) is 4.55. The van der Waals surface area contributed by atoms with Crippen LogP contribution in [0.3, 0.4) is 0 Å². The Morgan fingerprint density at radius 2 is 1.84 bits per heavy atom. The molecular weight excluding hydrogens is 425 g/mol. The third-order valence-corrected chi connectivity index (χ3v) is 6.21. The van der Waals surface area contributed by atoms with Crippen molar-refractivity contribution in [1.82, 2.24) is 14.5 Å². The van der Waals surface area contributed by atoms with E-state index in [4.69, 9.17) is 21.3 Å². The smallest absolute Gasteiger partial charge is 0.140 e. The Kier molecular flexibility index (Phi) is 6.85. The Morgan fingerprint density at radius 3 is 2.50 bits per heavy atom. The van der Waals surface area contributed by atoms with Crippen molar-refractivity contribution in [3.63, 3.8) is 0 Å². The van der Waals surface area contributed by atoms with Crippen molar-refractivity contribution < 1.29 is 9.13 Å². The number of hydrogen-bond acceptors (Lipinski definition) is 3. The van der Waals surface area contributed by atoms with Gasteiger partial charge in [-0.25, -0.2) is 4.98 Å². The molecule has 0 N–H and O–H groups in total. The van der Waals surface area contributed by atoms with Crippen LogP contribution >= 0.6 is 11.6 Å². The lowest BCUT2D eigenvalue weighted by atomic mass is 9.97. The molecule has 3 heterocycles. The van der Waals surface area contributed by atoms with Gasteiger partial charge in [0.2, 0.25) is 0 Å². The predicted octanol–water partition coefficient (Wildman–Crippen LogP) is 6.98. The maximum atomic E-state index is 13.8. The van der Waals surface area contributed by atoms with Crippen LogP contribution in [-0.4, -0.2) is 27.3 Å². The number of aromatic nitrogens is 3. The lowest BCUT2D eigenvalue weighted by Gasteiger charge is -2.22. The summed E-state index contributed by atoms with van der Waals surface area (Å²) in [6.07, 6.45) is 3.93. The minimum Gasteiger partial charge on any atom is -0.489 e. The van der Waals surface area contributed by atoms with Crippen LogP contribution in [-0.2, 0) is 13.0 Å². The molecule has 1 aliphatic rings. The first-order valence-electron chi connectivity index (χ1n) is 11.4. The third-order valence-electron chi connectivity index (χ3n) is 5.92. The van der Waals surface area contributed by atoms with E-state index < -0.39 is 0 Å². The van der Waals surface area contributed by atoms with E-state index in [0.717, 1.165) is 59.7 Å². The van der Waals surface area contributed by atoms with Gasteiger partial charge in [-0.2, -0.15) is 0 Å². The zero-order valence-corrected chi connectivity index (χ0v) is 20.0. The Labute approximate surface area is 194 Å². The quantitative estimate of drug-likeness (QED) is 0.416. The molecule has 0 radical (unpaired) electrons. The van der Waals surface area contributed by atoms with Gasteiger partial charge in [0.05, 0.1) is 23.5 Å². The summed E-state index contributed by atoms with van der Waals surface area (Å²) in [7, 11) is 0. The predicted molar refractivity (Wildman–Crippen MR) is 128 cm³/mol. The molecule has 1 aliphatic heterocycles. The number of rotatable bonds is 5. The van der Waals surface area contributed by atoms with Crippen LogP contribution in [0.15, 0.2) is 30.3 Å². The van der Waals surface area contributed by atoms with Gasteiger partial charge in [-0.3, -0.25) is 9.37 Å². The average molecular weight is 456 g/mol. The van der Waals surface area contributed by atoms with E-state index >= 15 is 0 Å². The Balaban J connectivity index is 1.87. The molecule has 1 aromatic carbocycles. The van der Waals surface area contributed by atoms with Crippen molar-refractivity contribution in [3.05, 3.63) is 52.4 Å². The number of halogens is 2. The van der Waals surface area contributed by atoms with Gasteiger partial charge in [-0.05, 0) is 77.3 Å². The Morgan fingerprint density at radius 1 is 1.09 bits per heavy atom. The van der Waals surface area contributed by atoms with E-state index in [-0.39, 0.29) is 18.7 Å². The maximum Gasteiger partial charge on any atom is 0.140 e. The number of alkyl halides is 1. The lowest BCUT2D eigenvalue weighted by molar-refractivity contribution is 0.242. The summed E-state index contributed by atoms with van der Waals surface area (Å²) in [5, 5.41) is 0.554. The first-order valence-corrected chi connectivity index (χ1v) is 11.8. The monoisotopic (exact) mass is 455 g/mol. The van der Waals surface area contributed by atoms with Gasteiger partial charge in [-0.15, -0.1) is 0 Å². The van der Waals surface area contributed by atoms with Gasteiger partial charge in [0.1, 0.15) is 11.6 Å². The summed E-state index contributed by atoms with van der Waals surface area (Å²) in [5.41, 5.74) is 6.05. The normalized spacial score (nSPS) is 16.5. The molecule has 170 valence electrons. The van der Waals surface area contributed by atoms with E-state index in [0.29, 0.717) is 17.3 Å². The summed E-state index contributed by atoms with van der Waals surface area (Å²) < 4.78 is 21.8. The van der Waals surface area contributed by atoms with Crippen LogP contribution in [0.4, 0.5) is 4.39 Å². The summed E-state index contributed by atoms with van der Waals surface area (Å²) in [6.45, 7) is 8.27. The molecule has 0 bridgehead atoms. The molecule has 2 aromatic heterocycles. The molecule has 0 aliphatic carbocycles. The van der Waals surface area contributed by atoms with Gasteiger partial charge in [0.25, 0.3) is 0 Å². The van der Waals surface area contributed by atoms with E-state index in [1.807, 2.05) is 45.9 Å².